The fraction of sp³-hybridized carbons (Fsp3) is 0.538. The van der Waals surface area contributed by atoms with E-state index in [2.05, 4.69) is 15.3 Å². The lowest BCUT2D eigenvalue weighted by molar-refractivity contribution is -0.142. The van der Waals surface area contributed by atoms with Crippen LogP contribution in [0.5, 0.6) is 0 Å². The van der Waals surface area contributed by atoms with Crippen LogP contribution in [0.15, 0.2) is 18.7 Å². The Bertz CT molecular complexity index is 450. The summed E-state index contributed by atoms with van der Waals surface area (Å²) in [4.78, 5) is 30.8. The summed E-state index contributed by atoms with van der Waals surface area (Å²) < 4.78 is 0. The Morgan fingerprint density at radius 3 is 2.53 bits per heavy atom. The van der Waals surface area contributed by atoms with Crippen LogP contribution >= 0.6 is 0 Å². The van der Waals surface area contributed by atoms with Gasteiger partial charge in [-0.1, -0.05) is 19.3 Å². The van der Waals surface area contributed by atoms with Gasteiger partial charge in [0.05, 0.1) is 11.5 Å². The second-order valence-corrected chi connectivity index (χ2v) is 4.79. The maximum Gasteiger partial charge on any atom is 0.308 e. The van der Waals surface area contributed by atoms with Gasteiger partial charge in [-0.2, -0.15) is 0 Å². The molecule has 1 amide bonds. The average molecular weight is 263 g/mol. The Balaban J connectivity index is 2.06. The van der Waals surface area contributed by atoms with E-state index in [4.69, 9.17) is 0 Å². The standard InChI is InChI=1S/C13H17N3O3/c17-12(9-6-14-8-15-7-9)16-11-5-3-1-2-4-10(11)13(18)19/h6-8,10-11H,1-5H2,(H,16,17)(H,18,19). The molecule has 6 nitrogen and oxygen atoms in total. The van der Waals surface area contributed by atoms with Crippen molar-refractivity contribution in [3.05, 3.63) is 24.3 Å². The molecule has 19 heavy (non-hydrogen) atoms. The van der Waals surface area contributed by atoms with Crippen molar-refractivity contribution >= 4 is 11.9 Å². The molecule has 2 atom stereocenters. The molecule has 2 unspecified atom stereocenters. The Morgan fingerprint density at radius 1 is 1.16 bits per heavy atom. The van der Waals surface area contributed by atoms with E-state index in [0.29, 0.717) is 18.4 Å². The molecular weight excluding hydrogens is 246 g/mol. The second-order valence-electron chi connectivity index (χ2n) is 4.79. The van der Waals surface area contributed by atoms with Crippen molar-refractivity contribution in [3.63, 3.8) is 0 Å². The third-order valence-corrected chi connectivity index (χ3v) is 3.47. The molecule has 0 bridgehead atoms. The minimum Gasteiger partial charge on any atom is -0.481 e. The molecule has 1 aromatic rings. The predicted octanol–water partition coefficient (Wildman–Crippen LogP) is 1.24. The van der Waals surface area contributed by atoms with E-state index < -0.39 is 11.9 Å². The Labute approximate surface area is 111 Å². The van der Waals surface area contributed by atoms with Gasteiger partial charge in [0.15, 0.2) is 0 Å². The van der Waals surface area contributed by atoms with Crippen molar-refractivity contribution in [1.29, 1.82) is 0 Å². The summed E-state index contributed by atoms with van der Waals surface area (Å²) in [6.07, 6.45) is 8.39. The molecule has 1 heterocycles. The molecule has 1 aromatic heterocycles. The molecule has 2 N–H and O–H groups in total. The zero-order chi connectivity index (χ0) is 13.7. The van der Waals surface area contributed by atoms with Crippen LogP contribution in [0.3, 0.4) is 0 Å². The first-order valence-corrected chi connectivity index (χ1v) is 6.47. The second kappa shape index (κ2) is 6.26. The molecule has 0 spiro atoms. The highest BCUT2D eigenvalue weighted by molar-refractivity contribution is 5.94. The Morgan fingerprint density at radius 2 is 1.84 bits per heavy atom. The van der Waals surface area contributed by atoms with Gasteiger partial charge in [0.2, 0.25) is 0 Å². The van der Waals surface area contributed by atoms with Crippen LogP contribution in [0, 0.1) is 5.92 Å². The van der Waals surface area contributed by atoms with E-state index in [1.807, 2.05) is 0 Å². The molecule has 0 aromatic carbocycles. The van der Waals surface area contributed by atoms with Gasteiger partial charge in [-0.25, -0.2) is 9.97 Å². The van der Waals surface area contributed by atoms with Gasteiger partial charge in [-0.15, -0.1) is 0 Å². The van der Waals surface area contributed by atoms with Crippen molar-refractivity contribution in [1.82, 2.24) is 15.3 Å². The maximum atomic E-state index is 12.0. The number of nitrogens with zero attached hydrogens (tertiary/aromatic N) is 2. The normalized spacial score (nSPS) is 23.4. The summed E-state index contributed by atoms with van der Waals surface area (Å²) >= 11 is 0. The predicted molar refractivity (Wildman–Crippen MR) is 67.5 cm³/mol. The molecule has 6 heteroatoms. The number of aliphatic carboxylic acids is 1. The smallest absolute Gasteiger partial charge is 0.308 e. The first-order chi connectivity index (χ1) is 9.18. The van der Waals surface area contributed by atoms with Crippen molar-refractivity contribution in [2.45, 2.75) is 38.1 Å². The molecule has 1 saturated carbocycles. The number of rotatable bonds is 3. The van der Waals surface area contributed by atoms with E-state index >= 15 is 0 Å². The molecule has 1 aliphatic rings. The number of carbonyl (C=O) groups is 2. The zero-order valence-electron chi connectivity index (χ0n) is 10.6. The van der Waals surface area contributed by atoms with Crippen LogP contribution in [-0.4, -0.2) is 33.0 Å². The number of carboxylic acids is 1. The highest BCUT2D eigenvalue weighted by Gasteiger charge is 2.30. The molecule has 0 radical (unpaired) electrons. The number of hydrogen-bond donors (Lipinski definition) is 2. The SMILES string of the molecule is O=C(NC1CCCCCC1C(=O)O)c1cncnc1. The summed E-state index contributed by atoms with van der Waals surface area (Å²) in [7, 11) is 0. The molecule has 2 rings (SSSR count). The van der Waals surface area contributed by atoms with Gasteiger partial charge in [-0.05, 0) is 12.8 Å². The summed E-state index contributed by atoms with van der Waals surface area (Å²) in [6, 6.07) is -0.312. The average Bonchev–Trinajstić information content (AvgIpc) is 2.65. The highest BCUT2D eigenvalue weighted by atomic mass is 16.4. The molecule has 102 valence electrons. The third kappa shape index (κ3) is 3.49. The van der Waals surface area contributed by atoms with E-state index in [-0.39, 0.29) is 11.9 Å². The van der Waals surface area contributed by atoms with Crippen molar-refractivity contribution in [2.75, 3.05) is 0 Å². The Hall–Kier alpha value is -1.98. The summed E-state index contributed by atoms with van der Waals surface area (Å²) in [6.45, 7) is 0. The number of carbonyl (C=O) groups excluding carboxylic acids is 1. The first-order valence-electron chi connectivity index (χ1n) is 6.47. The lowest BCUT2D eigenvalue weighted by atomic mass is 9.94. The molecule has 1 fully saturated rings. The molecule has 0 aliphatic heterocycles. The highest BCUT2D eigenvalue weighted by Crippen LogP contribution is 2.24. The lowest BCUT2D eigenvalue weighted by Crippen LogP contribution is -2.42. The number of carboxylic acid groups (broad SMARTS) is 1. The van der Waals surface area contributed by atoms with Crippen molar-refractivity contribution < 1.29 is 14.7 Å². The van der Waals surface area contributed by atoms with Gasteiger partial charge < -0.3 is 10.4 Å². The molecular formula is C13H17N3O3. The number of aromatic nitrogens is 2. The van der Waals surface area contributed by atoms with E-state index in [9.17, 15) is 14.7 Å². The van der Waals surface area contributed by atoms with E-state index in [1.54, 1.807) is 0 Å². The van der Waals surface area contributed by atoms with Gasteiger partial charge in [0.1, 0.15) is 6.33 Å². The van der Waals surface area contributed by atoms with Crippen molar-refractivity contribution in [2.24, 2.45) is 5.92 Å². The van der Waals surface area contributed by atoms with Crippen LogP contribution in [0.25, 0.3) is 0 Å². The van der Waals surface area contributed by atoms with Gasteiger partial charge in [0.25, 0.3) is 5.91 Å². The fourth-order valence-electron chi connectivity index (χ4n) is 2.44. The van der Waals surface area contributed by atoms with Crippen molar-refractivity contribution in [3.8, 4) is 0 Å². The first kappa shape index (κ1) is 13.5. The Kier molecular flexibility index (Phi) is 4.43. The summed E-state index contributed by atoms with van der Waals surface area (Å²) in [5.41, 5.74) is 0.357. The number of hydrogen-bond acceptors (Lipinski definition) is 4. The number of nitrogens with one attached hydrogen (secondary N) is 1. The third-order valence-electron chi connectivity index (χ3n) is 3.47. The summed E-state index contributed by atoms with van der Waals surface area (Å²) in [5.74, 6) is -1.65. The largest absolute Gasteiger partial charge is 0.481 e. The van der Waals surface area contributed by atoms with E-state index in [1.165, 1.54) is 18.7 Å². The van der Waals surface area contributed by atoms with Crippen LogP contribution < -0.4 is 5.32 Å². The topological polar surface area (TPSA) is 92.2 Å². The molecule has 0 saturated heterocycles. The lowest BCUT2D eigenvalue weighted by Gasteiger charge is -2.22. The van der Waals surface area contributed by atoms with Crippen LogP contribution in [0.2, 0.25) is 0 Å². The molecule has 1 aliphatic carbocycles. The van der Waals surface area contributed by atoms with Gasteiger partial charge >= 0.3 is 5.97 Å². The monoisotopic (exact) mass is 263 g/mol. The minimum absolute atomic E-state index is 0.307. The van der Waals surface area contributed by atoms with Crippen LogP contribution in [0.4, 0.5) is 0 Å². The fourth-order valence-corrected chi connectivity index (χ4v) is 2.44. The maximum absolute atomic E-state index is 12.0. The van der Waals surface area contributed by atoms with E-state index in [0.717, 1.165) is 19.3 Å². The summed E-state index contributed by atoms with van der Waals surface area (Å²) in [5, 5.41) is 12.0. The minimum atomic E-state index is -0.837. The quantitative estimate of drug-likeness (QED) is 0.800. The number of amides is 1. The van der Waals surface area contributed by atoms with Gasteiger partial charge in [0, 0.05) is 18.4 Å². The zero-order valence-corrected chi connectivity index (χ0v) is 10.6. The van der Waals surface area contributed by atoms with Gasteiger partial charge in [-0.3, -0.25) is 9.59 Å². The van der Waals surface area contributed by atoms with Crippen LogP contribution in [0.1, 0.15) is 42.5 Å². The van der Waals surface area contributed by atoms with Crippen LogP contribution in [-0.2, 0) is 4.79 Å².